The van der Waals surface area contributed by atoms with Gasteiger partial charge in [0.25, 0.3) is 0 Å². The highest BCUT2D eigenvalue weighted by Crippen LogP contribution is 2.39. The summed E-state index contributed by atoms with van der Waals surface area (Å²) in [5.74, 6) is 0. The lowest BCUT2D eigenvalue weighted by Crippen LogP contribution is -2.58. The summed E-state index contributed by atoms with van der Waals surface area (Å²) in [4.78, 5) is 0. The third-order valence-electron chi connectivity index (χ3n) is 4.83. The maximum Gasteiger partial charge on any atom is 0.309 e. The van der Waals surface area contributed by atoms with Gasteiger partial charge >= 0.3 is 5.41 Å². The van der Waals surface area contributed by atoms with Gasteiger partial charge in [-0.2, -0.15) is 18.9 Å². The Kier molecular flexibility index (Phi) is 15.1. The first-order chi connectivity index (χ1) is 18.1. The van der Waals surface area contributed by atoms with Crippen LogP contribution in [0.25, 0.3) is 0 Å². The fourth-order valence-corrected chi connectivity index (χ4v) is 3.66. The Labute approximate surface area is 214 Å². The summed E-state index contributed by atoms with van der Waals surface area (Å²) in [5, 5.41) is 79.6. The molecule has 0 spiro atoms. The Balaban J connectivity index is 0.00000148. The lowest BCUT2D eigenvalue weighted by molar-refractivity contribution is -0.663. The molecule has 0 aliphatic rings. The third-order valence-corrected chi connectivity index (χ3v) is 4.83. The average Bonchev–Trinajstić information content (AvgIpc) is 2.97. The first-order valence-electron chi connectivity index (χ1n) is 10.6. The van der Waals surface area contributed by atoms with Crippen LogP contribution in [0, 0.1) is 20.8 Å². The lowest BCUT2D eigenvalue weighted by Gasteiger charge is -2.27. The molecule has 4 aromatic rings. The summed E-state index contributed by atoms with van der Waals surface area (Å²) >= 11 is 0. The molecule has 12 heteroatoms. The van der Waals surface area contributed by atoms with Gasteiger partial charge in [0.15, 0.2) is 24.8 Å². The molecular weight excluding hydrogens is 484 g/mol. The van der Waals surface area contributed by atoms with E-state index >= 15 is 0 Å². The van der Waals surface area contributed by atoms with Crippen LogP contribution in [0.1, 0.15) is 22.8 Å². The number of hydrogen-bond acceptors (Lipinski definition) is 8. The van der Waals surface area contributed by atoms with Gasteiger partial charge in [0.1, 0.15) is 0 Å². The summed E-state index contributed by atoms with van der Waals surface area (Å²) in [6.07, 6.45) is 5.05. The van der Waals surface area contributed by atoms with Crippen molar-refractivity contribution in [1.29, 1.82) is 0 Å². The number of aromatic nitrogens is 4. The van der Waals surface area contributed by atoms with Crippen molar-refractivity contribution in [2.45, 2.75) is 5.41 Å². The highest BCUT2D eigenvalue weighted by molar-refractivity contribution is 5.46. The normalized spacial score (nSPS) is 9.51. The summed E-state index contributed by atoms with van der Waals surface area (Å²) in [7, 11) is 4.00. The number of aliphatic hydroxyl groups is 4. The van der Waals surface area contributed by atoms with E-state index in [2.05, 4.69) is 0 Å². The second kappa shape index (κ2) is 17.1. The standard InChI is InChI=1S/C21H16N4O4.4CH4O/c26-22-13-5-1-9-17(22)21(18-10-2-6-14-23(18)27,19-11-3-7-15-24(19)28)20-12-4-8-16-25(20)29;4*1-2/h1-16H;4*2H,1H3. The maximum absolute atomic E-state index is 12.9. The molecule has 0 radical (unpaired) electrons. The minimum atomic E-state index is -1.77. The summed E-state index contributed by atoms with van der Waals surface area (Å²) in [6, 6.07) is 18.6. The van der Waals surface area contributed by atoms with Crippen molar-refractivity contribution >= 4 is 0 Å². The number of nitrogens with zero attached hydrogens (tertiary/aromatic N) is 4. The zero-order chi connectivity index (χ0) is 28.4. The zero-order valence-electron chi connectivity index (χ0n) is 20.9. The van der Waals surface area contributed by atoms with E-state index in [0.717, 1.165) is 28.4 Å². The SMILES string of the molecule is CO.CO.CO.CO.[O-][n+]1ccccc1C(c1cccc[n+]1[O-])(c1cccc[n+]1[O-])c1cccc[n+]1[O-]. The highest BCUT2D eigenvalue weighted by atomic mass is 16.5. The molecule has 4 N–H and O–H groups in total. The van der Waals surface area contributed by atoms with E-state index in [4.69, 9.17) is 20.4 Å². The van der Waals surface area contributed by atoms with Crippen molar-refractivity contribution in [2.75, 3.05) is 28.4 Å². The van der Waals surface area contributed by atoms with Crippen molar-refractivity contribution < 1.29 is 39.3 Å². The molecule has 0 saturated carbocycles. The van der Waals surface area contributed by atoms with Crippen LogP contribution in [0.3, 0.4) is 0 Å². The van der Waals surface area contributed by atoms with Crippen LogP contribution in [0.2, 0.25) is 0 Å². The highest BCUT2D eigenvalue weighted by Gasteiger charge is 2.60. The van der Waals surface area contributed by atoms with E-state index in [1.807, 2.05) is 0 Å². The zero-order valence-corrected chi connectivity index (χ0v) is 20.9. The van der Waals surface area contributed by atoms with Crippen LogP contribution in [0.15, 0.2) is 97.6 Å². The molecule has 37 heavy (non-hydrogen) atoms. The third kappa shape index (κ3) is 6.86. The van der Waals surface area contributed by atoms with Crippen molar-refractivity contribution in [2.24, 2.45) is 0 Å². The molecule has 0 atom stereocenters. The molecule has 12 nitrogen and oxygen atoms in total. The van der Waals surface area contributed by atoms with E-state index in [-0.39, 0.29) is 22.8 Å². The molecule has 200 valence electrons. The van der Waals surface area contributed by atoms with E-state index in [9.17, 15) is 20.8 Å². The molecule has 0 saturated heterocycles. The Morgan fingerprint density at radius 3 is 0.757 bits per heavy atom. The van der Waals surface area contributed by atoms with E-state index in [0.29, 0.717) is 18.9 Å². The van der Waals surface area contributed by atoms with Gasteiger partial charge in [-0.15, -0.1) is 0 Å². The van der Waals surface area contributed by atoms with Crippen molar-refractivity contribution in [3.63, 3.8) is 0 Å². The van der Waals surface area contributed by atoms with Crippen LogP contribution in [-0.2, 0) is 5.41 Å². The molecule has 0 aliphatic carbocycles. The predicted octanol–water partition coefficient (Wildman–Crippen LogP) is -0.963. The molecule has 0 aromatic carbocycles. The Morgan fingerprint density at radius 1 is 0.405 bits per heavy atom. The van der Waals surface area contributed by atoms with Crippen LogP contribution in [-0.4, -0.2) is 48.9 Å². The minimum Gasteiger partial charge on any atom is -0.618 e. The summed E-state index contributed by atoms with van der Waals surface area (Å²) in [6.45, 7) is 0. The fraction of sp³-hybridized carbons (Fsp3) is 0.200. The first-order valence-corrected chi connectivity index (χ1v) is 10.6. The van der Waals surface area contributed by atoms with Gasteiger partial charge in [-0.05, 0) is 24.3 Å². The molecule has 0 bridgehead atoms. The van der Waals surface area contributed by atoms with Crippen molar-refractivity contribution in [3.8, 4) is 0 Å². The fourth-order valence-electron chi connectivity index (χ4n) is 3.66. The van der Waals surface area contributed by atoms with Gasteiger partial charge in [-0.25, -0.2) is 0 Å². The second-order valence-corrected chi connectivity index (χ2v) is 6.40. The quantitative estimate of drug-likeness (QED) is 0.197. The van der Waals surface area contributed by atoms with Crippen LogP contribution in [0.5, 0.6) is 0 Å². The van der Waals surface area contributed by atoms with Gasteiger partial charge in [0.05, 0.1) is 0 Å². The van der Waals surface area contributed by atoms with Crippen LogP contribution in [0.4, 0.5) is 0 Å². The smallest absolute Gasteiger partial charge is 0.309 e. The number of rotatable bonds is 4. The lowest BCUT2D eigenvalue weighted by atomic mass is 9.73. The molecule has 4 heterocycles. The van der Waals surface area contributed by atoms with Gasteiger partial charge in [0.2, 0.25) is 22.8 Å². The van der Waals surface area contributed by atoms with E-state index in [1.165, 1.54) is 73.3 Å². The topological polar surface area (TPSA) is 189 Å². The van der Waals surface area contributed by atoms with Crippen molar-refractivity contribution in [3.05, 3.63) is 141 Å². The molecule has 0 unspecified atom stereocenters. The Morgan fingerprint density at radius 2 is 0.595 bits per heavy atom. The minimum absolute atomic E-state index is 0.0439. The molecular formula is C25H32N4O8. The van der Waals surface area contributed by atoms with Crippen LogP contribution >= 0.6 is 0 Å². The van der Waals surface area contributed by atoms with Crippen LogP contribution < -0.4 is 18.9 Å². The summed E-state index contributed by atoms with van der Waals surface area (Å²) in [5.41, 5.74) is -1.59. The van der Waals surface area contributed by atoms with E-state index < -0.39 is 5.41 Å². The largest absolute Gasteiger partial charge is 0.618 e. The van der Waals surface area contributed by atoms with Gasteiger partial charge in [-0.3, -0.25) is 0 Å². The number of aliphatic hydroxyl groups excluding tert-OH is 4. The molecule has 0 fully saturated rings. The number of pyridine rings is 4. The monoisotopic (exact) mass is 516 g/mol. The summed E-state index contributed by atoms with van der Waals surface area (Å²) < 4.78 is 2.25. The first kappa shape index (κ1) is 32.6. The molecule has 0 amide bonds. The molecule has 0 aliphatic heterocycles. The van der Waals surface area contributed by atoms with Gasteiger partial charge in [-0.1, -0.05) is 0 Å². The Hall–Kier alpha value is -4.36. The van der Waals surface area contributed by atoms with E-state index in [1.54, 1.807) is 24.3 Å². The molecule has 4 rings (SSSR count). The average molecular weight is 517 g/mol. The van der Waals surface area contributed by atoms with Gasteiger partial charge in [0, 0.05) is 77.0 Å². The Bertz CT molecular complexity index is 1010. The van der Waals surface area contributed by atoms with Crippen molar-refractivity contribution in [1.82, 2.24) is 0 Å². The second-order valence-electron chi connectivity index (χ2n) is 6.40. The maximum atomic E-state index is 12.9. The predicted molar refractivity (Wildman–Crippen MR) is 133 cm³/mol. The number of hydrogen-bond donors (Lipinski definition) is 4. The molecule has 4 aromatic heterocycles. The van der Waals surface area contributed by atoms with Gasteiger partial charge < -0.3 is 41.3 Å².